The fraction of sp³-hybridized carbons (Fsp3) is 0.379. The first kappa shape index (κ1) is 22.4. The first-order valence-corrected chi connectivity index (χ1v) is 12.9. The van der Waals surface area contributed by atoms with Crippen LogP contribution >= 0.6 is 0 Å². The second kappa shape index (κ2) is 9.90. The van der Waals surface area contributed by atoms with E-state index >= 15 is 0 Å². The van der Waals surface area contributed by atoms with Crippen molar-refractivity contribution in [3.8, 4) is 0 Å². The van der Waals surface area contributed by atoms with Gasteiger partial charge in [-0.05, 0) is 67.0 Å². The van der Waals surface area contributed by atoms with Crippen molar-refractivity contribution in [3.05, 3.63) is 95.1 Å². The molecule has 2 aliphatic carbocycles. The Balaban J connectivity index is 1.32. The van der Waals surface area contributed by atoms with Crippen LogP contribution in [0.3, 0.4) is 0 Å². The van der Waals surface area contributed by atoms with Gasteiger partial charge in [-0.3, -0.25) is 9.88 Å². The van der Waals surface area contributed by atoms with Gasteiger partial charge in [-0.25, -0.2) is 4.98 Å². The van der Waals surface area contributed by atoms with Crippen LogP contribution in [0.4, 0.5) is 0 Å². The van der Waals surface area contributed by atoms with E-state index < -0.39 is 6.10 Å². The second-order valence-electron chi connectivity index (χ2n) is 9.96. The van der Waals surface area contributed by atoms with Gasteiger partial charge >= 0.3 is 0 Å². The minimum Gasteiger partial charge on any atom is -0.387 e. The van der Waals surface area contributed by atoms with E-state index in [-0.39, 0.29) is 6.04 Å². The molecule has 6 rings (SSSR count). The molecule has 2 aromatic heterocycles. The van der Waals surface area contributed by atoms with Crippen molar-refractivity contribution in [3.63, 3.8) is 0 Å². The number of aliphatic hydroxyl groups excluding tert-OH is 1. The van der Waals surface area contributed by atoms with Gasteiger partial charge in [-0.1, -0.05) is 42.5 Å². The average Bonchev–Trinajstić information content (AvgIpc) is 3.64. The number of nitrogens with zero attached hydrogens (tertiary/aromatic N) is 3. The number of imidazole rings is 1. The third-order valence-electron chi connectivity index (χ3n) is 7.36. The molecule has 1 fully saturated rings. The lowest BCUT2D eigenvalue weighted by molar-refractivity contribution is 0.146. The summed E-state index contributed by atoms with van der Waals surface area (Å²) in [5.41, 5.74) is 6.76. The van der Waals surface area contributed by atoms with Crippen molar-refractivity contribution >= 4 is 11.0 Å². The van der Waals surface area contributed by atoms with Gasteiger partial charge in [0, 0.05) is 25.3 Å². The lowest BCUT2D eigenvalue weighted by Crippen LogP contribution is -2.32. The van der Waals surface area contributed by atoms with E-state index in [2.05, 4.69) is 51.6 Å². The summed E-state index contributed by atoms with van der Waals surface area (Å²) in [6.45, 7) is 2.02. The molecule has 2 aliphatic rings. The van der Waals surface area contributed by atoms with Gasteiger partial charge in [-0.15, -0.1) is 0 Å². The lowest BCUT2D eigenvalue weighted by atomic mass is 9.90. The summed E-state index contributed by atoms with van der Waals surface area (Å²) in [6.07, 6.45) is 7.13. The van der Waals surface area contributed by atoms with Crippen LogP contribution in [0.2, 0.25) is 0 Å². The van der Waals surface area contributed by atoms with Crippen molar-refractivity contribution in [2.24, 2.45) is 0 Å². The van der Waals surface area contributed by atoms with Gasteiger partial charge in [0.15, 0.2) is 0 Å². The predicted octanol–water partition coefficient (Wildman–Crippen LogP) is 4.82. The molecule has 4 aromatic rings. The Morgan fingerprint density at radius 2 is 1.86 bits per heavy atom. The number of fused-ring (bicyclic) bond motifs is 2. The molecule has 0 radical (unpaired) electrons. The Bertz CT molecular complexity index is 1260. The zero-order valence-corrected chi connectivity index (χ0v) is 20.0. The normalized spacial score (nSPS) is 18.6. The number of hydrogen-bond acceptors (Lipinski definition) is 5. The fourth-order valence-corrected chi connectivity index (χ4v) is 5.39. The van der Waals surface area contributed by atoms with Gasteiger partial charge in [0.2, 0.25) is 0 Å². The van der Waals surface area contributed by atoms with Crippen LogP contribution in [0.5, 0.6) is 0 Å². The molecule has 0 aliphatic heterocycles. The van der Waals surface area contributed by atoms with E-state index in [1.165, 1.54) is 24.1 Å². The number of para-hydroxylation sites is 2. The van der Waals surface area contributed by atoms with Gasteiger partial charge in [0.25, 0.3) is 0 Å². The zero-order chi connectivity index (χ0) is 23.6. The largest absolute Gasteiger partial charge is 0.387 e. The minimum absolute atomic E-state index is 0.211. The number of H-pyrrole nitrogens is 1. The second-order valence-corrected chi connectivity index (χ2v) is 9.96. The fourth-order valence-electron chi connectivity index (χ4n) is 5.39. The molecule has 2 atom stereocenters. The van der Waals surface area contributed by atoms with Crippen LogP contribution in [0.1, 0.15) is 66.0 Å². The Hall–Kier alpha value is -3.06. The van der Waals surface area contributed by atoms with Crippen molar-refractivity contribution in [1.82, 2.24) is 25.2 Å². The highest BCUT2D eigenvalue weighted by atomic mass is 16.3. The molecule has 0 amide bonds. The molecule has 2 aromatic carbocycles. The Kier molecular flexibility index (Phi) is 6.34. The molecule has 6 heteroatoms. The molecular formula is C29H33N5O. The summed E-state index contributed by atoms with van der Waals surface area (Å²) in [6, 6.07) is 21.6. The maximum Gasteiger partial charge on any atom is 0.121 e. The number of benzene rings is 2. The lowest BCUT2D eigenvalue weighted by Gasteiger charge is -2.35. The van der Waals surface area contributed by atoms with E-state index in [0.717, 1.165) is 53.8 Å². The topological polar surface area (TPSA) is 77.1 Å². The van der Waals surface area contributed by atoms with Gasteiger partial charge in [-0.2, -0.15) is 0 Å². The monoisotopic (exact) mass is 467 g/mol. The molecule has 35 heavy (non-hydrogen) atoms. The van der Waals surface area contributed by atoms with Crippen LogP contribution in [0.25, 0.3) is 11.0 Å². The molecule has 0 saturated heterocycles. The third-order valence-corrected chi connectivity index (χ3v) is 7.36. The highest BCUT2D eigenvalue weighted by molar-refractivity contribution is 5.74. The first-order chi connectivity index (χ1) is 17.2. The van der Waals surface area contributed by atoms with Crippen LogP contribution in [-0.4, -0.2) is 37.5 Å². The molecule has 1 unspecified atom stereocenters. The quantitative estimate of drug-likeness (QED) is 0.329. The summed E-state index contributed by atoms with van der Waals surface area (Å²) in [4.78, 5) is 15.7. The SMILES string of the molecule is O[C@H](CNC1CC1)c1ccccc1CN(Cc1nc2ccccc2[nH]1)C1CCCc2cccnc21. The first-order valence-electron chi connectivity index (χ1n) is 12.9. The van der Waals surface area contributed by atoms with Crippen molar-refractivity contribution < 1.29 is 5.11 Å². The average molecular weight is 468 g/mol. The number of aliphatic hydroxyl groups is 1. The zero-order valence-electron chi connectivity index (χ0n) is 20.0. The molecule has 0 spiro atoms. The number of aromatic nitrogens is 3. The smallest absolute Gasteiger partial charge is 0.121 e. The summed E-state index contributed by atoms with van der Waals surface area (Å²) in [5.74, 6) is 0.961. The van der Waals surface area contributed by atoms with E-state index in [1.807, 2.05) is 30.5 Å². The number of rotatable bonds is 9. The van der Waals surface area contributed by atoms with E-state index in [9.17, 15) is 5.11 Å². The summed E-state index contributed by atoms with van der Waals surface area (Å²) < 4.78 is 0. The molecule has 3 N–H and O–H groups in total. The van der Waals surface area contributed by atoms with Gasteiger partial charge in [0.05, 0.1) is 35.4 Å². The Labute approximate surface area is 206 Å². The standard InChI is InChI=1S/C29H33N5O/c35-27(17-31-22-14-15-22)23-10-2-1-7-21(23)18-34(19-28-32-24-11-3-4-12-25(24)33-28)26-13-5-8-20-9-6-16-30-29(20)26/h1-4,6-7,9-12,16,22,26-27,31,35H,5,8,13-15,17-19H2,(H,32,33)/t26?,27-/m1/s1. The van der Waals surface area contributed by atoms with Crippen molar-refractivity contribution in [2.45, 2.75) is 63.4 Å². The predicted molar refractivity (Wildman–Crippen MR) is 138 cm³/mol. The maximum absolute atomic E-state index is 11.0. The van der Waals surface area contributed by atoms with Crippen molar-refractivity contribution in [1.29, 1.82) is 0 Å². The summed E-state index contributed by atoms with van der Waals surface area (Å²) in [5, 5.41) is 14.5. The van der Waals surface area contributed by atoms with Gasteiger partial charge < -0.3 is 15.4 Å². The molecule has 180 valence electrons. The van der Waals surface area contributed by atoms with Crippen molar-refractivity contribution in [2.75, 3.05) is 6.54 Å². The number of pyridine rings is 1. The number of aryl methyl sites for hydroxylation is 1. The highest BCUT2D eigenvalue weighted by Gasteiger charge is 2.29. The number of aromatic amines is 1. The highest BCUT2D eigenvalue weighted by Crippen LogP contribution is 2.35. The molecule has 0 bridgehead atoms. The summed E-state index contributed by atoms with van der Waals surface area (Å²) in [7, 11) is 0. The van der Waals surface area contributed by atoms with E-state index in [4.69, 9.17) is 9.97 Å². The third kappa shape index (κ3) is 5.01. The molecule has 1 saturated carbocycles. The number of hydrogen-bond donors (Lipinski definition) is 3. The van der Waals surface area contributed by atoms with E-state index in [0.29, 0.717) is 19.1 Å². The number of nitrogens with one attached hydrogen (secondary N) is 2. The molecule has 2 heterocycles. The van der Waals surface area contributed by atoms with Crippen LogP contribution in [-0.2, 0) is 19.5 Å². The van der Waals surface area contributed by atoms with Crippen LogP contribution < -0.4 is 5.32 Å². The van der Waals surface area contributed by atoms with Crippen LogP contribution in [0, 0.1) is 0 Å². The molecule has 6 nitrogen and oxygen atoms in total. The van der Waals surface area contributed by atoms with Gasteiger partial charge in [0.1, 0.15) is 5.82 Å². The Morgan fingerprint density at radius 3 is 2.74 bits per heavy atom. The van der Waals surface area contributed by atoms with E-state index in [1.54, 1.807) is 0 Å². The minimum atomic E-state index is -0.517. The van der Waals surface area contributed by atoms with Crippen LogP contribution in [0.15, 0.2) is 66.9 Å². The Morgan fingerprint density at radius 1 is 1.00 bits per heavy atom. The molecular weight excluding hydrogens is 434 g/mol. The maximum atomic E-state index is 11.0. The summed E-state index contributed by atoms with van der Waals surface area (Å²) >= 11 is 0.